The Labute approximate surface area is 76.9 Å². The average Bonchev–Trinajstić information content (AvgIpc) is 2.62. The number of nitrogens with zero attached hydrogens (tertiary/aromatic N) is 2. The second kappa shape index (κ2) is 4.84. The number of hydrogen-bond donors (Lipinski definition) is 1. The molecular formula is C8H14N2O3. The SMILES string of the molecule is COCCN(C)c1nc(CO)co1. The first-order valence-corrected chi connectivity index (χ1v) is 4.03. The van der Waals surface area contributed by atoms with E-state index in [9.17, 15) is 0 Å². The minimum absolute atomic E-state index is 0.0956. The molecule has 0 aliphatic rings. The molecule has 0 amide bonds. The highest BCUT2D eigenvalue weighted by molar-refractivity contribution is 5.24. The second-order valence-electron chi connectivity index (χ2n) is 2.69. The molecule has 1 aromatic heterocycles. The molecule has 0 unspecified atom stereocenters. The van der Waals surface area contributed by atoms with Gasteiger partial charge in [0, 0.05) is 20.7 Å². The van der Waals surface area contributed by atoms with Crippen LogP contribution in [0.5, 0.6) is 0 Å². The quantitative estimate of drug-likeness (QED) is 0.714. The van der Waals surface area contributed by atoms with Crippen molar-refractivity contribution in [2.75, 3.05) is 32.2 Å². The molecule has 13 heavy (non-hydrogen) atoms. The van der Waals surface area contributed by atoms with E-state index in [4.69, 9.17) is 14.3 Å². The normalized spacial score (nSPS) is 10.4. The van der Waals surface area contributed by atoms with Gasteiger partial charge in [0.05, 0.1) is 13.2 Å². The highest BCUT2D eigenvalue weighted by Gasteiger charge is 2.07. The number of anilines is 1. The van der Waals surface area contributed by atoms with Crippen LogP contribution in [0.25, 0.3) is 0 Å². The van der Waals surface area contributed by atoms with Gasteiger partial charge in [-0.25, -0.2) is 0 Å². The third-order valence-electron chi connectivity index (χ3n) is 1.66. The van der Waals surface area contributed by atoms with Gasteiger partial charge >= 0.3 is 0 Å². The number of ether oxygens (including phenoxy) is 1. The molecule has 0 fully saturated rings. The summed E-state index contributed by atoms with van der Waals surface area (Å²) in [5, 5.41) is 8.74. The Bertz CT molecular complexity index is 249. The Hall–Kier alpha value is -1.07. The van der Waals surface area contributed by atoms with E-state index in [2.05, 4.69) is 4.98 Å². The number of likely N-dealkylation sites (N-methyl/N-ethyl adjacent to an activating group) is 1. The van der Waals surface area contributed by atoms with E-state index in [0.717, 1.165) is 0 Å². The van der Waals surface area contributed by atoms with Crippen LogP contribution in [-0.2, 0) is 11.3 Å². The Balaban J connectivity index is 2.50. The Morgan fingerprint density at radius 1 is 1.69 bits per heavy atom. The summed E-state index contributed by atoms with van der Waals surface area (Å²) in [6.07, 6.45) is 1.44. The minimum atomic E-state index is -0.0956. The molecule has 5 nitrogen and oxygen atoms in total. The van der Waals surface area contributed by atoms with E-state index >= 15 is 0 Å². The van der Waals surface area contributed by atoms with Crippen LogP contribution in [0, 0.1) is 0 Å². The van der Waals surface area contributed by atoms with Crippen LogP contribution in [-0.4, -0.2) is 37.4 Å². The van der Waals surface area contributed by atoms with Crippen LogP contribution in [0.4, 0.5) is 6.01 Å². The molecule has 0 saturated heterocycles. The van der Waals surface area contributed by atoms with E-state index in [0.29, 0.717) is 24.9 Å². The highest BCUT2D eigenvalue weighted by Crippen LogP contribution is 2.11. The van der Waals surface area contributed by atoms with Crippen molar-refractivity contribution >= 4 is 6.01 Å². The summed E-state index contributed by atoms with van der Waals surface area (Å²) in [5.41, 5.74) is 0.541. The van der Waals surface area contributed by atoms with E-state index in [-0.39, 0.29) is 6.61 Å². The topological polar surface area (TPSA) is 58.7 Å². The maximum atomic E-state index is 8.74. The van der Waals surface area contributed by atoms with Gasteiger partial charge in [0.15, 0.2) is 0 Å². The van der Waals surface area contributed by atoms with Gasteiger partial charge in [-0.2, -0.15) is 4.98 Å². The molecule has 1 rings (SSSR count). The van der Waals surface area contributed by atoms with Crippen molar-refractivity contribution < 1.29 is 14.3 Å². The van der Waals surface area contributed by atoms with Crippen molar-refractivity contribution in [1.82, 2.24) is 4.98 Å². The molecule has 0 spiro atoms. The lowest BCUT2D eigenvalue weighted by molar-refractivity contribution is 0.205. The van der Waals surface area contributed by atoms with Gasteiger partial charge in [0.2, 0.25) is 0 Å². The lowest BCUT2D eigenvalue weighted by Gasteiger charge is -2.12. The number of rotatable bonds is 5. The molecule has 1 aromatic rings. The van der Waals surface area contributed by atoms with E-state index in [1.165, 1.54) is 6.26 Å². The lowest BCUT2D eigenvalue weighted by Crippen LogP contribution is -2.22. The monoisotopic (exact) mass is 186 g/mol. The Morgan fingerprint density at radius 3 is 3.00 bits per heavy atom. The largest absolute Gasteiger partial charge is 0.432 e. The fourth-order valence-electron chi connectivity index (χ4n) is 0.868. The van der Waals surface area contributed by atoms with Gasteiger partial charge in [-0.15, -0.1) is 0 Å². The summed E-state index contributed by atoms with van der Waals surface area (Å²) < 4.78 is 10.0. The van der Waals surface area contributed by atoms with Crippen LogP contribution < -0.4 is 4.90 Å². The first kappa shape index (κ1) is 10.0. The van der Waals surface area contributed by atoms with Gasteiger partial charge in [0.25, 0.3) is 6.01 Å². The summed E-state index contributed by atoms with van der Waals surface area (Å²) in [7, 11) is 3.49. The van der Waals surface area contributed by atoms with Crippen LogP contribution >= 0.6 is 0 Å². The number of aliphatic hydroxyl groups excluding tert-OH is 1. The molecule has 74 valence electrons. The number of aromatic nitrogens is 1. The van der Waals surface area contributed by atoms with E-state index in [1.54, 1.807) is 7.11 Å². The van der Waals surface area contributed by atoms with Crippen LogP contribution in [0.1, 0.15) is 5.69 Å². The van der Waals surface area contributed by atoms with Crippen molar-refractivity contribution in [3.8, 4) is 0 Å². The highest BCUT2D eigenvalue weighted by atomic mass is 16.5. The molecule has 1 heterocycles. The first-order valence-electron chi connectivity index (χ1n) is 4.03. The molecule has 0 aliphatic heterocycles. The Kier molecular flexibility index (Phi) is 3.72. The fourth-order valence-corrected chi connectivity index (χ4v) is 0.868. The molecule has 0 aliphatic carbocycles. The molecule has 0 radical (unpaired) electrons. The summed E-state index contributed by atoms with van der Waals surface area (Å²) in [4.78, 5) is 5.86. The smallest absolute Gasteiger partial charge is 0.297 e. The predicted molar refractivity (Wildman–Crippen MR) is 47.6 cm³/mol. The number of methoxy groups -OCH3 is 1. The predicted octanol–water partition coefficient (Wildman–Crippen LogP) is 0.250. The van der Waals surface area contributed by atoms with Gasteiger partial charge in [-0.1, -0.05) is 0 Å². The molecule has 0 bridgehead atoms. The van der Waals surface area contributed by atoms with Crippen LogP contribution in [0.3, 0.4) is 0 Å². The van der Waals surface area contributed by atoms with Crippen molar-refractivity contribution in [3.05, 3.63) is 12.0 Å². The van der Waals surface area contributed by atoms with Crippen molar-refractivity contribution in [2.45, 2.75) is 6.61 Å². The molecule has 0 saturated carbocycles. The molecule has 0 atom stereocenters. The number of aliphatic hydroxyl groups is 1. The molecular weight excluding hydrogens is 172 g/mol. The zero-order valence-corrected chi connectivity index (χ0v) is 7.86. The average molecular weight is 186 g/mol. The van der Waals surface area contributed by atoms with Gasteiger partial charge in [0.1, 0.15) is 12.0 Å². The first-order chi connectivity index (χ1) is 6.27. The van der Waals surface area contributed by atoms with Crippen molar-refractivity contribution in [3.63, 3.8) is 0 Å². The molecule has 0 aromatic carbocycles. The van der Waals surface area contributed by atoms with Crippen molar-refractivity contribution in [1.29, 1.82) is 0 Å². The van der Waals surface area contributed by atoms with Crippen LogP contribution in [0.2, 0.25) is 0 Å². The maximum absolute atomic E-state index is 8.74. The zero-order valence-electron chi connectivity index (χ0n) is 7.86. The Morgan fingerprint density at radius 2 is 2.46 bits per heavy atom. The second-order valence-corrected chi connectivity index (χ2v) is 2.69. The minimum Gasteiger partial charge on any atom is -0.432 e. The lowest BCUT2D eigenvalue weighted by atomic mass is 10.5. The molecule has 1 N–H and O–H groups in total. The molecule has 5 heteroatoms. The third-order valence-corrected chi connectivity index (χ3v) is 1.66. The van der Waals surface area contributed by atoms with Gasteiger partial charge in [-0.3, -0.25) is 0 Å². The zero-order chi connectivity index (χ0) is 9.68. The van der Waals surface area contributed by atoms with Crippen molar-refractivity contribution in [2.24, 2.45) is 0 Å². The fraction of sp³-hybridized carbons (Fsp3) is 0.625. The third kappa shape index (κ3) is 2.71. The van der Waals surface area contributed by atoms with E-state index < -0.39 is 0 Å². The van der Waals surface area contributed by atoms with Gasteiger partial charge in [-0.05, 0) is 0 Å². The summed E-state index contributed by atoms with van der Waals surface area (Å²) in [6, 6.07) is 0.501. The summed E-state index contributed by atoms with van der Waals surface area (Å²) in [5.74, 6) is 0. The summed E-state index contributed by atoms with van der Waals surface area (Å²) >= 11 is 0. The maximum Gasteiger partial charge on any atom is 0.297 e. The van der Waals surface area contributed by atoms with Crippen LogP contribution in [0.15, 0.2) is 10.7 Å². The van der Waals surface area contributed by atoms with E-state index in [1.807, 2.05) is 11.9 Å². The number of oxazole rings is 1. The van der Waals surface area contributed by atoms with Gasteiger partial charge < -0.3 is 19.2 Å². The summed E-state index contributed by atoms with van der Waals surface area (Å²) in [6.45, 7) is 1.23. The number of hydrogen-bond acceptors (Lipinski definition) is 5. The standard InChI is InChI=1S/C8H14N2O3/c1-10(3-4-12-2)8-9-7(5-11)6-13-8/h6,11H,3-5H2,1-2H3.